The summed E-state index contributed by atoms with van der Waals surface area (Å²) >= 11 is 2.18. The van der Waals surface area contributed by atoms with Crippen molar-refractivity contribution in [1.29, 1.82) is 0 Å². The molecule has 0 unspecified atom stereocenters. The number of hydrogen-bond acceptors (Lipinski definition) is 3. The number of carbonyl (C=O) groups is 2. The van der Waals surface area contributed by atoms with Gasteiger partial charge in [0.25, 0.3) is 0 Å². The van der Waals surface area contributed by atoms with Gasteiger partial charge in [0.05, 0.1) is 13.0 Å². The largest absolute Gasteiger partial charge is 0.481 e. The molecule has 0 heterocycles. The van der Waals surface area contributed by atoms with Crippen LogP contribution in [0.2, 0.25) is 0 Å². The van der Waals surface area contributed by atoms with E-state index in [9.17, 15) is 9.59 Å². The van der Waals surface area contributed by atoms with Gasteiger partial charge in [-0.05, 0) is 54.6 Å². The van der Waals surface area contributed by atoms with Gasteiger partial charge < -0.3 is 10.4 Å². The fraction of sp³-hybridized carbons (Fsp3) is 0.429. The molecule has 1 amide bonds. The molecular weight excluding hydrogens is 371 g/mol. The molecule has 0 radical (unpaired) electrons. The van der Waals surface area contributed by atoms with Crippen LogP contribution >= 0.6 is 22.6 Å². The first kappa shape index (κ1) is 16.9. The summed E-state index contributed by atoms with van der Waals surface area (Å²) in [6, 6.07) is 7.66. The Bertz CT molecular complexity index is 477. The molecule has 0 atom stereocenters. The fourth-order valence-corrected chi connectivity index (χ4v) is 2.25. The summed E-state index contributed by atoms with van der Waals surface area (Å²) in [6.45, 7) is 4.45. The van der Waals surface area contributed by atoms with E-state index >= 15 is 0 Å². The smallest absolute Gasteiger partial charge is 0.304 e. The maximum Gasteiger partial charge on any atom is 0.304 e. The van der Waals surface area contributed by atoms with E-state index in [-0.39, 0.29) is 24.9 Å². The number of anilines is 1. The Kier molecular flexibility index (Phi) is 6.94. The van der Waals surface area contributed by atoms with Crippen LogP contribution in [0.3, 0.4) is 0 Å². The second-order valence-electron chi connectivity index (χ2n) is 4.77. The zero-order valence-corrected chi connectivity index (χ0v) is 13.8. The Hall–Kier alpha value is -1.15. The van der Waals surface area contributed by atoms with Crippen molar-refractivity contribution in [3.05, 3.63) is 27.8 Å². The molecule has 1 aromatic rings. The first-order valence-electron chi connectivity index (χ1n) is 6.39. The lowest BCUT2D eigenvalue weighted by Gasteiger charge is -2.25. The second kappa shape index (κ2) is 8.21. The molecule has 0 aliphatic heterocycles. The van der Waals surface area contributed by atoms with Crippen LogP contribution in [0.1, 0.15) is 20.3 Å². The standard InChI is InChI=1S/C14H19IN2O3/c1-10(2)17(7-6-14(19)20)9-13(18)16-12-5-3-4-11(15)8-12/h3-5,8,10H,6-7,9H2,1-2H3,(H,16,18)(H,19,20). The third kappa shape index (κ3) is 6.33. The molecule has 20 heavy (non-hydrogen) atoms. The van der Waals surface area contributed by atoms with Crippen LogP contribution in [0.4, 0.5) is 5.69 Å². The summed E-state index contributed by atoms with van der Waals surface area (Å²) < 4.78 is 1.05. The average molecular weight is 390 g/mol. The minimum atomic E-state index is -0.853. The van der Waals surface area contributed by atoms with Gasteiger partial charge in [-0.1, -0.05) is 6.07 Å². The molecule has 0 spiro atoms. The molecule has 5 nitrogen and oxygen atoms in total. The summed E-state index contributed by atoms with van der Waals surface area (Å²) in [7, 11) is 0. The summed E-state index contributed by atoms with van der Waals surface area (Å²) in [4.78, 5) is 24.4. The van der Waals surface area contributed by atoms with Crippen molar-refractivity contribution in [2.75, 3.05) is 18.4 Å². The van der Waals surface area contributed by atoms with E-state index in [0.29, 0.717) is 6.54 Å². The molecular formula is C14H19IN2O3. The van der Waals surface area contributed by atoms with E-state index in [1.54, 1.807) is 0 Å². The van der Waals surface area contributed by atoms with Crippen LogP contribution in [0.15, 0.2) is 24.3 Å². The number of aliphatic carboxylic acids is 1. The van der Waals surface area contributed by atoms with Crippen LogP contribution in [0.25, 0.3) is 0 Å². The predicted octanol–water partition coefficient (Wildman–Crippen LogP) is 2.41. The highest BCUT2D eigenvalue weighted by molar-refractivity contribution is 14.1. The van der Waals surface area contributed by atoms with Gasteiger partial charge in [-0.2, -0.15) is 0 Å². The number of nitrogens with zero attached hydrogens (tertiary/aromatic N) is 1. The van der Waals surface area contributed by atoms with Crippen molar-refractivity contribution in [1.82, 2.24) is 4.90 Å². The fourth-order valence-electron chi connectivity index (χ4n) is 1.71. The normalized spacial score (nSPS) is 10.8. The lowest BCUT2D eigenvalue weighted by atomic mass is 10.2. The maximum atomic E-state index is 12.0. The van der Waals surface area contributed by atoms with Crippen LogP contribution < -0.4 is 5.32 Å². The molecule has 1 aromatic carbocycles. The number of amides is 1. The topological polar surface area (TPSA) is 69.6 Å². The number of carbonyl (C=O) groups excluding carboxylic acids is 1. The third-order valence-electron chi connectivity index (χ3n) is 2.80. The highest BCUT2D eigenvalue weighted by atomic mass is 127. The van der Waals surface area contributed by atoms with Gasteiger partial charge in [0.1, 0.15) is 0 Å². The zero-order chi connectivity index (χ0) is 15.1. The van der Waals surface area contributed by atoms with Crippen molar-refractivity contribution < 1.29 is 14.7 Å². The molecule has 1 rings (SSSR count). The number of nitrogens with one attached hydrogen (secondary N) is 1. The van der Waals surface area contributed by atoms with E-state index in [4.69, 9.17) is 5.11 Å². The Balaban J connectivity index is 2.55. The van der Waals surface area contributed by atoms with Gasteiger partial charge in [0.2, 0.25) is 5.91 Å². The number of hydrogen-bond donors (Lipinski definition) is 2. The number of carboxylic acids is 1. The summed E-state index contributed by atoms with van der Waals surface area (Å²) in [5.41, 5.74) is 0.754. The van der Waals surface area contributed by atoms with Crippen molar-refractivity contribution in [3.63, 3.8) is 0 Å². The first-order valence-corrected chi connectivity index (χ1v) is 7.47. The summed E-state index contributed by atoms with van der Waals surface area (Å²) in [6.07, 6.45) is 0.0364. The van der Waals surface area contributed by atoms with E-state index < -0.39 is 5.97 Å². The lowest BCUT2D eigenvalue weighted by molar-refractivity contribution is -0.137. The molecule has 0 aliphatic carbocycles. The van der Waals surface area contributed by atoms with Gasteiger partial charge in [-0.3, -0.25) is 14.5 Å². The molecule has 2 N–H and O–H groups in total. The maximum absolute atomic E-state index is 12.0. The third-order valence-corrected chi connectivity index (χ3v) is 3.47. The molecule has 0 fully saturated rings. The van der Waals surface area contributed by atoms with Gasteiger partial charge in [0.15, 0.2) is 0 Å². The van der Waals surface area contributed by atoms with Crippen molar-refractivity contribution in [2.24, 2.45) is 0 Å². The van der Waals surface area contributed by atoms with E-state index in [2.05, 4.69) is 27.9 Å². The summed E-state index contributed by atoms with van der Waals surface area (Å²) in [5.74, 6) is -0.986. The Morgan fingerprint density at radius 3 is 2.65 bits per heavy atom. The highest BCUT2D eigenvalue weighted by Crippen LogP contribution is 2.12. The number of carboxylic acid groups (broad SMARTS) is 1. The number of benzene rings is 1. The molecule has 0 bridgehead atoms. The van der Waals surface area contributed by atoms with E-state index in [1.165, 1.54) is 0 Å². The predicted molar refractivity (Wildman–Crippen MR) is 86.8 cm³/mol. The van der Waals surface area contributed by atoms with Crippen molar-refractivity contribution >= 4 is 40.2 Å². The molecule has 110 valence electrons. The van der Waals surface area contributed by atoms with E-state index in [0.717, 1.165) is 9.26 Å². The quantitative estimate of drug-likeness (QED) is 0.702. The molecule has 0 saturated carbocycles. The molecule has 6 heteroatoms. The van der Waals surface area contributed by atoms with E-state index in [1.807, 2.05) is 43.0 Å². The molecule has 0 saturated heterocycles. The highest BCUT2D eigenvalue weighted by Gasteiger charge is 2.15. The molecule has 0 aromatic heterocycles. The van der Waals surface area contributed by atoms with Crippen LogP contribution in [-0.2, 0) is 9.59 Å². The van der Waals surface area contributed by atoms with Crippen LogP contribution in [-0.4, -0.2) is 41.0 Å². The molecule has 0 aliphatic rings. The summed E-state index contributed by atoms with van der Waals surface area (Å²) in [5, 5.41) is 11.5. The van der Waals surface area contributed by atoms with Gasteiger partial charge in [-0.25, -0.2) is 0 Å². The van der Waals surface area contributed by atoms with Gasteiger partial charge in [-0.15, -0.1) is 0 Å². The zero-order valence-electron chi connectivity index (χ0n) is 11.6. The van der Waals surface area contributed by atoms with Crippen molar-refractivity contribution in [2.45, 2.75) is 26.3 Å². The Morgan fingerprint density at radius 2 is 2.10 bits per heavy atom. The van der Waals surface area contributed by atoms with Crippen molar-refractivity contribution in [3.8, 4) is 0 Å². The van der Waals surface area contributed by atoms with Crippen LogP contribution in [0, 0.1) is 3.57 Å². The van der Waals surface area contributed by atoms with Gasteiger partial charge in [0, 0.05) is 21.8 Å². The first-order chi connectivity index (χ1) is 9.38. The lowest BCUT2D eigenvalue weighted by Crippen LogP contribution is -2.39. The Morgan fingerprint density at radius 1 is 1.40 bits per heavy atom. The number of halogens is 1. The second-order valence-corrected chi connectivity index (χ2v) is 6.01. The van der Waals surface area contributed by atoms with Gasteiger partial charge >= 0.3 is 5.97 Å². The SMILES string of the molecule is CC(C)N(CCC(=O)O)CC(=O)Nc1cccc(I)c1. The minimum Gasteiger partial charge on any atom is -0.481 e. The number of rotatable bonds is 7. The van der Waals surface area contributed by atoms with Crippen LogP contribution in [0.5, 0.6) is 0 Å². The monoisotopic (exact) mass is 390 g/mol. The average Bonchev–Trinajstić information content (AvgIpc) is 2.33. The minimum absolute atomic E-state index is 0.0364. The Labute approximate surface area is 132 Å².